The Labute approximate surface area is 238 Å². The Morgan fingerprint density at radius 2 is 0.738 bits per heavy atom. The molecule has 0 amide bonds. The number of fused-ring (bicyclic) bond motifs is 4. The summed E-state index contributed by atoms with van der Waals surface area (Å²) in [5, 5.41) is 1.98. The van der Waals surface area contributed by atoms with E-state index in [1.807, 2.05) is 48.5 Å². The quantitative estimate of drug-likeness (QED) is 0.209. The topological polar surface area (TPSA) is 103 Å². The molecule has 8 nitrogen and oxygen atoms in total. The standard InChI is InChI=1S/C34H24N2O6/c1-39-19-3-7-21(8-4-19)41-23-11-13-25-29(15-23)35-31-17-28-32(18-27(31)33(25)37)36-30-16-24(12-14-26(30)34(28)38)42-22-9-5-20(40-2)6-10-22/h3-18H,1-2H3,(H,35,37)(H,36,38). The first kappa shape index (κ1) is 25.2. The van der Waals surface area contributed by atoms with Gasteiger partial charge in [0.25, 0.3) is 0 Å². The lowest BCUT2D eigenvalue weighted by Crippen LogP contribution is -2.08. The monoisotopic (exact) mass is 556 g/mol. The van der Waals surface area contributed by atoms with Gasteiger partial charge in [-0.3, -0.25) is 9.59 Å². The average Bonchev–Trinajstić information content (AvgIpc) is 3.01. The van der Waals surface area contributed by atoms with Crippen LogP contribution in [-0.4, -0.2) is 24.2 Å². The van der Waals surface area contributed by atoms with Gasteiger partial charge in [-0.2, -0.15) is 0 Å². The number of rotatable bonds is 6. The van der Waals surface area contributed by atoms with Gasteiger partial charge in [-0.25, -0.2) is 0 Å². The van der Waals surface area contributed by atoms with E-state index in [2.05, 4.69) is 9.97 Å². The number of hydrogen-bond donors (Lipinski definition) is 2. The van der Waals surface area contributed by atoms with Crippen LogP contribution in [0.15, 0.2) is 107 Å². The third-order valence-corrected chi connectivity index (χ3v) is 7.25. The van der Waals surface area contributed by atoms with E-state index in [0.29, 0.717) is 66.6 Å². The Bertz CT molecular complexity index is 2090. The summed E-state index contributed by atoms with van der Waals surface area (Å²) >= 11 is 0. The molecule has 42 heavy (non-hydrogen) atoms. The molecule has 2 N–H and O–H groups in total. The zero-order valence-corrected chi connectivity index (χ0v) is 22.7. The summed E-state index contributed by atoms with van der Waals surface area (Å²) in [6.45, 7) is 0. The molecule has 8 heteroatoms. The Morgan fingerprint density at radius 3 is 1.12 bits per heavy atom. The van der Waals surface area contributed by atoms with Crippen LogP contribution in [0.3, 0.4) is 0 Å². The molecule has 0 saturated carbocycles. The number of H-pyrrole nitrogens is 2. The lowest BCUT2D eigenvalue weighted by Gasteiger charge is -2.10. The SMILES string of the molecule is COc1ccc(Oc2ccc3c(=O)c4cc5[nH]c6cc(Oc7ccc(OC)cc7)ccc6c(=O)c5cc4[nH]c3c2)cc1. The molecule has 0 aliphatic heterocycles. The molecule has 5 aromatic carbocycles. The first-order chi connectivity index (χ1) is 20.5. The van der Waals surface area contributed by atoms with Crippen molar-refractivity contribution in [1.82, 2.24) is 9.97 Å². The van der Waals surface area contributed by atoms with Gasteiger partial charge in [0.1, 0.15) is 34.5 Å². The third-order valence-electron chi connectivity index (χ3n) is 7.25. The number of ether oxygens (including phenoxy) is 4. The highest BCUT2D eigenvalue weighted by molar-refractivity contribution is 6.03. The molecule has 0 bridgehead atoms. The maximum absolute atomic E-state index is 13.5. The summed E-state index contributed by atoms with van der Waals surface area (Å²) < 4.78 is 22.4. The van der Waals surface area contributed by atoms with E-state index < -0.39 is 0 Å². The molecule has 0 fully saturated rings. The zero-order chi connectivity index (χ0) is 28.8. The van der Waals surface area contributed by atoms with Gasteiger partial charge in [0, 0.05) is 33.7 Å². The van der Waals surface area contributed by atoms with E-state index in [0.717, 1.165) is 11.5 Å². The smallest absolute Gasteiger partial charge is 0.197 e. The second-order valence-electron chi connectivity index (χ2n) is 9.82. The van der Waals surface area contributed by atoms with E-state index in [-0.39, 0.29) is 10.9 Å². The minimum Gasteiger partial charge on any atom is -0.497 e. The molecular formula is C34H24N2O6. The number of methoxy groups -OCH3 is 2. The summed E-state index contributed by atoms with van der Waals surface area (Å²) in [6, 6.07) is 28.5. The average molecular weight is 557 g/mol. The minimum atomic E-state index is -0.144. The van der Waals surface area contributed by atoms with Crippen molar-refractivity contribution in [2.75, 3.05) is 14.2 Å². The van der Waals surface area contributed by atoms with Gasteiger partial charge in [-0.05, 0) is 84.9 Å². The van der Waals surface area contributed by atoms with Crippen LogP contribution in [-0.2, 0) is 0 Å². The van der Waals surface area contributed by atoms with Crippen molar-refractivity contribution in [3.05, 3.63) is 118 Å². The molecule has 206 valence electrons. The normalized spacial score (nSPS) is 11.3. The maximum Gasteiger partial charge on any atom is 0.197 e. The summed E-state index contributed by atoms with van der Waals surface area (Å²) in [6.07, 6.45) is 0. The van der Waals surface area contributed by atoms with Crippen molar-refractivity contribution in [3.63, 3.8) is 0 Å². The molecule has 0 aliphatic carbocycles. The molecule has 2 heterocycles. The number of hydrogen-bond acceptors (Lipinski definition) is 6. The van der Waals surface area contributed by atoms with Crippen molar-refractivity contribution in [2.24, 2.45) is 0 Å². The van der Waals surface area contributed by atoms with Crippen LogP contribution in [0.4, 0.5) is 0 Å². The van der Waals surface area contributed by atoms with E-state index in [9.17, 15) is 9.59 Å². The van der Waals surface area contributed by atoms with Gasteiger partial charge in [0.05, 0.1) is 36.3 Å². The number of aromatic amines is 2. The molecule has 2 aromatic heterocycles. The third kappa shape index (κ3) is 4.45. The predicted octanol–water partition coefficient (Wildman–Crippen LogP) is 7.28. The Hall–Kier alpha value is -5.76. The molecule has 0 radical (unpaired) electrons. The second kappa shape index (κ2) is 10.0. The Kier molecular flexibility index (Phi) is 6.01. The number of nitrogens with one attached hydrogen (secondary N) is 2. The lowest BCUT2D eigenvalue weighted by atomic mass is 10.1. The van der Waals surface area contributed by atoms with Crippen LogP contribution in [0.5, 0.6) is 34.5 Å². The first-order valence-corrected chi connectivity index (χ1v) is 13.2. The highest BCUT2D eigenvalue weighted by atomic mass is 16.5. The van der Waals surface area contributed by atoms with E-state index in [4.69, 9.17) is 18.9 Å². The second-order valence-corrected chi connectivity index (χ2v) is 9.82. The van der Waals surface area contributed by atoms with Crippen LogP contribution >= 0.6 is 0 Å². The highest BCUT2D eigenvalue weighted by Gasteiger charge is 2.13. The molecule has 7 rings (SSSR count). The van der Waals surface area contributed by atoms with Gasteiger partial charge in [0.15, 0.2) is 10.9 Å². The predicted molar refractivity (Wildman–Crippen MR) is 164 cm³/mol. The minimum absolute atomic E-state index is 0.144. The van der Waals surface area contributed by atoms with Crippen molar-refractivity contribution in [3.8, 4) is 34.5 Å². The molecule has 0 atom stereocenters. The fourth-order valence-electron chi connectivity index (χ4n) is 5.10. The maximum atomic E-state index is 13.5. The molecular weight excluding hydrogens is 532 g/mol. The molecule has 0 saturated heterocycles. The fourth-order valence-corrected chi connectivity index (χ4v) is 5.10. The van der Waals surface area contributed by atoms with Crippen LogP contribution in [0.25, 0.3) is 43.6 Å². The fraction of sp³-hybridized carbons (Fsp3) is 0.0588. The number of aromatic nitrogens is 2. The molecule has 0 spiro atoms. The first-order valence-electron chi connectivity index (χ1n) is 13.2. The number of benzene rings is 5. The zero-order valence-electron chi connectivity index (χ0n) is 22.7. The van der Waals surface area contributed by atoms with E-state index in [1.54, 1.807) is 62.8 Å². The summed E-state index contributed by atoms with van der Waals surface area (Å²) in [5.74, 6) is 3.88. The van der Waals surface area contributed by atoms with Gasteiger partial charge in [0.2, 0.25) is 0 Å². The van der Waals surface area contributed by atoms with Crippen molar-refractivity contribution < 1.29 is 18.9 Å². The number of pyridine rings is 2. The van der Waals surface area contributed by atoms with Crippen molar-refractivity contribution in [2.45, 2.75) is 0 Å². The summed E-state index contributed by atoms with van der Waals surface area (Å²) in [5.41, 5.74) is 2.05. The highest BCUT2D eigenvalue weighted by Crippen LogP contribution is 2.29. The van der Waals surface area contributed by atoms with Crippen molar-refractivity contribution in [1.29, 1.82) is 0 Å². The van der Waals surface area contributed by atoms with Gasteiger partial charge >= 0.3 is 0 Å². The van der Waals surface area contributed by atoms with Crippen LogP contribution in [0, 0.1) is 0 Å². The van der Waals surface area contributed by atoms with Crippen LogP contribution in [0.2, 0.25) is 0 Å². The van der Waals surface area contributed by atoms with Crippen LogP contribution < -0.4 is 29.8 Å². The molecule has 0 aliphatic rings. The van der Waals surface area contributed by atoms with E-state index in [1.165, 1.54) is 0 Å². The summed E-state index contributed by atoms with van der Waals surface area (Å²) in [7, 11) is 3.21. The molecule has 0 unspecified atom stereocenters. The van der Waals surface area contributed by atoms with Gasteiger partial charge in [-0.15, -0.1) is 0 Å². The summed E-state index contributed by atoms with van der Waals surface area (Å²) in [4.78, 5) is 33.7. The van der Waals surface area contributed by atoms with E-state index >= 15 is 0 Å². The molecule has 7 aromatic rings. The Morgan fingerprint density at radius 1 is 0.405 bits per heavy atom. The lowest BCUT2D eigenvalue weighted by molar-refractivity contribution is 0.413. The van der Waals surface area contributed by atoms with Crippen molar-refractivity contribution >= 4 is 43.6 Å². The Balaban J connectivity index is 1.29. The van der Waals surface area contributed by atoms with Gasteiger partial charge in [-0.1, -0.05) is 0 Å². The van der Waals surface area contributed by atoms with Gasteiger partial charge < -0.3 is 28.9 Å². The largest absolute Gasteiger partial charge is 0.497 e. The van der Waals surface area contributed by atoms with Crippen LogP contribution in [0.1, 0.15) is 0 Å².